The topological polar surface area (TPSA) is 50.4 Å². The maximum absolute atomic E-state index is 12.6. The molecule has 0 aromatic rings. The maximum Gasteiger partial charge on any atom is 0.226 e. The van der Waals surface area contributed by atoms with Gasteiger partial charge in [-0.3, -0.25) is 4.79 Å². The lowest BCUT2D eigenvalue weighted by Crippen LogP contribution is -2.53. The molecule has 2 atom stereocenters. The van der Waals surface area contributed by atoms with Crippen molar-refractivity contribution in [3.63, 3.8) is 0 Å². The molecule has 1 saturated carbocycles. The lowest BCUT2D eigenvalue weighted by Gasteiger charge is -2.42. The molecular weight excluding hydrogens is 240 g/mol. The minimum atomic E-state index is -0.111. The minimum Gasteiger partial charge on any atom is -0.385 e. The molecule has 2 bridgehead atoms. The summed E-state index contributed by atoms with van der Waals surface area (Å²) in [6.45, 7) is 0.699. The summed E-state index contributed by atoms with van der Waals surface area (Å²) in [6, 6.07) is 1.67. The Kier molecular flexibility index (Phi) is 3.81. The first-order chi connectivity index (χ1) is 9.22. The number of amides is 1. The van der Waals surface area contributed by atoms with E-state index in [0.717, 1.165) is 32.1 Å². The summed E-state index contributed by atoms with van der Waals surface area (Å²) in [4.78, 5) is 12.6. The maximum atomic E-state index is 12.6. The van der Waals surface area contributed by atoms with Crippen LogP contribution in [0.25, 0.3) is 0 Å². The second-order valence-electron chi connectivity index (χ2n) is 6.66. The minimum absolute atomic E-state index is 0.111. The van der Waals surface area contributed by atoms with E-state index < -0.39 is 0 Å². The van der Waals surface area contributed by atoms with E-state index in [-0.39, 0.29) is 5.41 Å². The smallest absolute Gasteiger partial charge is 0.226 e. The molecule has 3 aliphatic rings. The van der Waals surface area contributed by atoms with Crippen LogP contribution >= 0.6 is 0 Å². The number of nitrogens with one attached hydrogen (secondary N) is 2. The van der Waals surface area contributed by atoms with Gasteiger partial charge in [0.1, 0.15) is 0 Å². The number of fused-ring (bicyclic) bond motifs is 2. The molecule has 2 aliphatic heterocycles. The Morgan fingerprint density at radius 2 is 2.00 bits per heavy atom. The van der Waals surface area contributed by atoms with Gasteiger partial charge in [-0.25, -0.2) is 0 Å². The van der Waals surface area contributed by atoms with Crippen LogP contribution in [0.15, 0.2) is 0 Å². The highest BCUT2D eigenvalue weighted by Gasteiger charge is 2.45. The summed E-state index contributed by atoms with van der Waals surface area (Å²) in [7, 11) is 1.72. The largest absolute Gasteiger partial charge is 0.385 e. The van der Waals surface area contributed by atoms with Gasteiger partial charge in [0.05, 0.1) is 5.41 Å². The van der Waals surface area contributed by atoms with E-state index >= 15 is 0 Å². The molecule has 2 saturated heterocycles. The third-order valence-corrected chi connectivity index (χ3v) is 5.39. The van der Waals surface area contributed by atoms with Crippen molar-refractivity contribution in [1.29, 1.82) is 0 Å². The zero-order valence-corrected chi connectivity index (χ0v) is 11.9. The summed E-state index contributed by atoms with van der Waals surface area (Å²) in [5.74, 6) is 0.294. The molecule has 1 amide bonds. The fourth-order valence-electron chi connectivity index (χ4n) is 4.01. The van der Waals surface area contributed by atoms with E-state index in [9.17, 15) is 4.79 Å². The molecule has 4 heteroatoms. The number of ether oxygens (including phenoxy) is 1. The van der Waals surface area contributed by atoms with E-state index in [1.54, 1.807) is 7.11 Å². The third-order valence-electron chi connectivity index (χ3n) is 5.39. The van der Waals surface area contributed by atoms with Gasteiger partial charge in [0.25, 0.3) is 0 Å². The molecule has 0 aromatic carbocycles. The lowest BCUT2D eigenvalue weighted by molar-refractivity contribution is -0.138. The Bertz CT molecular complexity index is 329. The number of methoxy groups -OCH3 is 1. The first-order valence-electron chi connectivity index (χ1n) is 7.78. The van der Waals surface area contributed by atoms with Gasteiger partial charge in [-0.2, -0.15) is 0 Å². The number of piperidine rings is 1. The Morgan fingerprint density at radius 1 is 1.32 bits per heavy atom. The summed E-state index contributed by atoms with van der Waals surface area (Å²) >= 11 is 0. The number of carbonyl (C=O) groups is 1. The second kappa shape index (κ2) is 5.41. The molecule has 108 valence electrons. The third kappa shape index (κ3) is 2.65. The van der Waals surface area contributed by atoms with Crippen molar-refractivity contribution in [1.82, 2.24) is 10.6 Å². The predicted molar refractivity (Wildman–Crippen MR) is 73.9 cm³/mol. The van der Waals surface area contributed by atoms with Crippen molar-refractivity contribution in [3.8, 4) is 0 Å². The van der Waals surface area contributed by atoms with Gasteiger partial charge >= 0.3 is 0 Å². The van der Waals surface area contributed by atoms with E-state index in [2.05, 4.69) is 10.6 Å². The average molecular weight is 266 g/mol. The van der Waals surface area contributed by atoms with Gasteiger partial charge < -0.3 is 15.4 Å². The van der Waals surface area contributed by atoms with Gasteiger partial charge in [0, 0.05) is 31.8 Å². The van der Waals surface area contributed by atoms with Crippen molar-refractivity contribution >= 4 is 5.91 Å². The monoisotopic (exact) mass is 266 g/mol. The van der Waals surface area contributed by atoms with Crippen LogP contribution in [-0.4, -0.2) is 37.7 Å². The molecule has 2 unspecified atom stereocenters. The van der Waals surface area contributed by atoms with Gasteiger partial charge in [0.2, 0.25) is 5.91 Å². The normalized spacial score (nSPS) is 35.7. The van der Waals surface area contributed by atoms with Crippen LogP contribution in [0.4, 0.5) is 0 Å². The van der Waals surface area contributed by atoms with Gasteiger partial charge in [-0.15, -0.1) is 0 Å². The van der Waals surface area contributed by atoms with Crippen molar-refractivity contribution in [2.45, 2.75) is 69.5 Å². The highest BCUT2D eigenvalue weighted by molar-refractivity contribution is 5.83. The number of hydrogen-bond donors (Lipinski definition) is 2. The fourth-order valence-corrected chi connectivity index (χ4v) is 4.01. The highest BCUT2D eigenvalue weighted by atomic mass is 16.5. The summed E-state index contributed by atoms with van der Waals surface area (Å²) in [5, 5.41) is 6.96. The summed E-state index contributed by atoms with van der Waals surface area (Å²) < 4.78 is 5.17. The van der Waals surface area contributed by atoms with Crippen LogP contribution in [0.2, 0.25) is 0 Å². The van der Waals surface area contributed by atoms with Crippen LogP contribution in [-0.2, 0) is 9.53 Å². The van der Waals surface area contributed by atoms with Crippen molar-refractivity contribution in [2.75, 3.05) is 13.7 Å². The van der Waals surface area contributed by atoms with Gasteiger partial charge in [-0.05, 0) is 44.9 Å². The molecule has 19 heavy (non-hydrogen) atoms. The first kappa shape index (κ1) is 13.4. The molecule has 3 rings (SSSR count). The number of rotatable bonds is 5. The molecule has 0 spiro atoms. The Balaban J connectivity index is 1.55. The molecule has 2 N–H and O–H groups in total. The molecule has 0 radical (unpaired) electrons. The van der Waals surface area contributed by atoms with E-state index in [4.69, 9.17) is 4.74 Å². The molecule has 3 fully saturated rings. The van der Waals surface area contributed by atoms with E-state index in [1.807, 2.05) is 0 Å². The second-order valence-corrected chi connectivity index (χ2v) is 6.66. The van der Waals surface area contributed by atoms with Crippen molar-refractivity contribution in [2.24, 2.45) is 5.41 Å². The fraction of sp³-hybridized carbons (Fsp3) is 0.933. The summed E-state index contributed by atoms with van der Waals surface area (Å²) in [6.07, 6.45) is 8.95. The van der Waals surface area contributed by atoms with Crippen molar-refractivity contribution < 1.29 is 9.53 Å². The molecule has 0 aromatic heterocycles. The van der Waals surface area contributed by atoms with Gasteiger partial charge in [0.15, 0.2) is 0 Å². The Labute approximate surface area is 115 Å². The highest BCUT2D eigenvalue weighted by Crippen LogP contribution is 2.44. The van der Waals surface area contributed by atoms with Crippen LogP contribution in [0.5, 0.6) is 0 Å². The van der Waals surface area contributed by atoms with Crippen LogP contribution < -0.4 is 10.6 Å². The van der Waals surface area contributed by atoms with Crippen LogP contribution in [0.3, 0.4) is 0 Å². The molecule has 4 nitrogen and oxygen atoms in total. The van der Waals surface area contributed by atoms with E-state index in [1.165, 1.54) is 19.3 Å². The Morgan fingerprint density at radius 3 is 2.53 bits per heavy atom. The zero-order valence-electron chi connectivity index (χ0n) is 11.9. The lowest BCUT2D eigenvalue weighted by atomic mass is 9.66. The summed E-state index contributed by atoms with van der Waals surface area (Å²) in [5.41, 5.74) is -0.111. The average Bonchev–Trinajstić information content (AvgIpc) is 2.67. The SMILES string of the molecule is COCCC1(C(=O)NC2CC3CCC(C2)N3)CCC1. The van der Waals surface area contributed by atoms with Crippen molar-refractivity contribution in [3.05, 3.63) is 0 Å². The molecular formula is C15H26N2O2. The van der Waals surface area contributed by atoms with E-state index in [0.29, 0.717) is 30.6 Å². The standard InChI is InChI=1S/C15H26N2O2/c1-19-8-7-15(5-2-6-15)14(18)17-13-9-11-3-4-12(10-13)16-11/h11-13,16H,2-10H2,1H3,(H,17,18). The number of carbonyl (C=O) groups excluding carboxylic acids is 1. The van der Waals surface area contributed by atoms with Gasteiger partial charge in [-0.1, -0.05) is 6.42 Å². The van der Waals surface area contributed by atoms with Crippen LogP contribution in [0.1, 0.15) is 51.4 Å². The first-order valence-corrected chi connectivity index (χ1v) is 7.78. The quantitative estimate of drug-likeness (QED) is 0.794. The number of hydrogen-bond acceptors (Lipinski definition) is 3. The Hall–Kier alpha value is -0.610. The van der Waals surface area contributed by atoms with Crippen LogP contribution in [0, 0.1) is 5.41 Å². The molecule has 1 aliphatic carbocycles. The predicted octanol–water partition coefficient (Wildman–Crippen LogP) is 1.59. The zero-order chi connectivity index (χ0) is 13.3. The molecule has 2 heterocycles.